The van der Waals surface area contributed by atoms with Crippen LogP contribution in [0.3, 0.4) is 0 Å². The number of carbonyl (C=O) groups excluding carboxylic acids is 2. The molecule has 0 aliphatic carbocycles. The Morgan fingerprint density at radius 2 is 2.09 bits per heavy atom. The molecule has 1 aromatic carbocycles. The molecule has 0 saturated carbocycles. The standard InChI is InChI=1S/C16H15N3O3S/c1-12-18-13(11-23-12)9-16(21)22-10-15(20)19(8-7-17)14-5-3-2-4-6-14/h2-6,11H,8-10H2,1H3. The molecular weight excluding hydrogens is 314 g/mol. The summed E-state index contributed by atoms with van der Waals surface area (Å²) in [5.74, 6) is -0.964. The van der Waals surface area contributed by atoms with Crippen LogP contribution in [0, 0.1) is 18.3 Å². The Labute approximate surface area is 137 Å². The normalized spacial score (nSPS) is 9.91. The van der Waals surface area contributed by atoms with Crippen molar-refractivity contribution < 1.29 is 14.3 Å². The molecule has 7 heteroatoms. The number of benzene rings is 1. The third kappa shape index (κ3) is 4.90. The van der Waals surface area contributed by atoms with Crippen LogP contribution in [0.25, 0.3) is 0 Å². The van der Waals surface area contributed by atoms with Crippen LogP contribution < -0.4 is 4.90 Å². The molecule has 2 aromatic rings. The molecule has 0 bridgehead atoms. The average molecular weight is 329 g/mol. The molecule has 0 fully saturated rings. The number of hydrogen-bond acceptors (Lipinski definition) is 6. The van der Waals surface area contributed by atoms with E-state index in [1.807, 2.05) is 19.1 Å². The number of thiazole rings is 1. The topological polar surface area (TPSA) is 83.3 Å². The number of amides is 1. The van der Waals surface area contributed by atoms with Gasteiger partial charge in [-0.15, -0.1) is 11.3 Å². The number of carbonyl (C=O) groups is 2. The second-order valence-corrected chi connectivity index (χ2v) is 5.73. The Bertz CT molecular complexity index is 722. The van der Waals surface area contributed by atoms with Crippen LogP contribution in [0.15, 0.2) is 35.7 Å². The van der Waals surface area contributed by atoms with Crippen molar-refractivity contribution in [3.8, 4) is 6.07 Å². The highest BCUT2D eigenvalue weighted by Gasteiger charge is 2.17. The number of anilines is 1. The third-order valence-corrected chi connectivity index (χ3v) is 3.77. The van der Waals surface area contributed by atoms with Crippen LogP contribution in [0.2, 0.25) is 0 Å². The predicted octanol–water partition coefficient (Wildman–Crippen LogP) is 2.09. The minimum Gasteiger partial charge on any atom is -0.455 e. The number of esters is 1. The van der Waals surface area contributed by atoms with Crippen molar-refractivity contribution in [3.63, 3.8) is 0 Å². The molecule has 0 atom stereocenters. The number of rotatable bonds is 6. The summed E-state index contributed by atoms with van der Waals surface area (Å²) in [5.41, 5.74) is 1.21. The van der Waals surface area contributed by atoms with Gasteiger partial charge in [-0.3, -0.25) is 14.5 Å². The predicted molar refractivity (Wildman–Crippen MR) is 85.9 cm³/mol. The third-order valence-electron chi connectivity index (χ3n) is 2.95. The first kappa shape index (κ1) is 16.6. The van der Waals surface area contributed by atoms with Gasteiger partial charge in [-0.05, 0) is 19.1 Å². The van der Waals surface area contributed by atoms with E-state index in [1.54, 1.807) is 29.6 Å². The second-order valence-electron chi connectivity index (χ2n) is 4.67. The average Bonchev–Trinajstić information content (AvgIpc) is 2.96. The van der Waals surface area contributed by atoms with Gasteiger partial charge in [-0.2, -0.15) is 5.26 Å². The van der Waals surface area contributed by atoms with E-state index in [0.29, 0.717) is 11.4 Å². The van der Waals surface area contributed by atoms with Gasteiger partial charge in [-0.25, -0.2) is 4.98 Å². The zero-order valence-corrected chi connectivity index (χ0v) is 13.4. The SMILES string of the molecule is Cc1nc(CC(=O)OCC(=O)N(CC#N)c2ccccc2)cs1. The van der Waals surface area contributed by atoms with Gasteiger partial charge in [0.15, 0.2) is 6.61 Å². The second kappa shape index (κ2) is 8.06. The molecule has 2 rings (SSSR count). The number of nitriles is 1. The number of hydrogen-bond donors (Lipinski definition) is 0. The van der Waals surface area contributed by atoms with E-state index in [4.69, 9.17) is 10.00 Å². The molecule has 6 nitrogen and oxygen atoms in total. The lowest BCUT2D eigenvalue weighted by Crippen LogP contribution is -2.35. The summed E-state index contributed by atoms with van der Waals surface area (Å²) in [5, 5.41) is 11.5. The molecule has 0 N–H and O–H groups in total. The Balaban J connectivity index is 1.91. The molecule has 1 aromatic heterocycles. The molecule has 1 amide bonds. The summed E-state index contributed by atoms with van der Waals surface area (Å²) in [6.45, 7) is 1.34. The lowest BCUT2D eigenvalue weighted by atomic mass is 10.3. The van der Waals surface area contributed by atoms with Crippen LogP contribution >= 0.6 is 11.3 Å². The van der Waals surface area contributed by atoms with Gasteiger partial charge in [0.1, 0.15) is 6.54 Å². The monoisotopic (exact) mass is 329 g/mol. The smallest absolute Gasteiger partial charge is 0.312 e. The van der Waals surface area contributed by atoms with Crippen molar-refractivity contribution in [3.05, 3.63) is 46.4 Å². The summed E-state index contributed by atoms with van der Waals surface area (Å²) in [7, 11) is 0. The van der Waals surface area contributed by atoms with Crippen molar-refractivity contribution in [1.29, 1.82) is 5.26 Å². The van der Waals surface area contributed by atoms with Crippen molar-refractivity contribution in [1.82, 2.24) is 4.98 Å². The maximum Gasteiger partial charge on any atom is 0.312 e. The Hall–Kier alpha value is -2.72. The van der Waals surface area contributed by atoms with Crippen molar-refractivity contribution in [2.24, 2.45) is 0 Å². The lowest BCUT2D eigenvalue weighted by molar-refractivity contribution is -0.147. The number of nitrogens with zero attached hydrogens (tertiary/aromatic N) is 3. The number of para-hydroxylation sites is 1. The Morgan fingerprint density at radius 1 is 1.35 bits per heavy atom. The van der Waals surface area contributed by atoms with E-state index in [0.717, 1.165) is 5.01 Å². The van der Waals surface area contributed by atoms with E-state index in [-0.39, 0.29) is 13.0 Å². The van der Waals surface area contributed by atoms with Crippen molar-refractivity contribution >= 4 is 28.9 Å². The maximum atomic E-state index is 12.2. The zero-order valence-electron chi connectivity index (χ0n) is 12.6. The van der Waals surface area contributed by atoms with Gasteiger partial charge < -0.3 is 4.74 Å². The molecule has 0 unspecified atom stereocenters. The highest BCUT2D eigenvalue weighted by Crippen LogP contribution is 2.13. The van der Waals surface area contributed by atoms with Crippen molar-refractivity contribution in [2.75, 3.05) is 18.1 Å². The van der Waals surface area contributed by atoms with Gasteiger partial charge in [0, 0.05) is 11.1 Å². The first-order valence-electron chi connectivity index (χ1n) is 6.89. The van der Waals surface area contributed by atoms with E-state index >= 15 is 0 Å². The van der Waals surface area contributed by atoms with Gasteiger partial charge in [0.2, 0.25) is 0 Å². The quantitative estimate of drug-likeness (QED) is 0.598. The molecule has 0 spiro atoms. The fourth-order valence-corrected chi connectivity index (χ4v) is 2.52. The molecule has 0 radical (unpaired) electrons. The Kier molecular flexibility index (Phi) is 5.83. The number of aryl methyl sites for hydroxylation is 1. The van der Waals surface area contributed by atoms with E-state index in [2.05, 4.69) is 4.98 Å². The zero-order chi connectivity index (χ0) is 16.7. The van der Waals surface area contributed by atoms with Crippen LogP contribution in [0.4, 0.5) is 5.69 Å². The van der Waals surface area contributed by atoms with E-state index < -0.39 is 18.5 Å². The molecule has 1 heterocycles. The minimum absolute atomic E-state index is 0.0290. The fourth-order valence-electron chi connectivity index (χ4n) is 1.91. The largest absolute Gasteiger partial charge is 0.455 e. The van der Waals surface area contributed by atoms with Gasteiger partial charge >= 0.3 is 5.97 Å². The molecule has 0 saturated heterocycles. The van der Waals surface area contributed by atoms with Crippen molar-refractivity contribution in [2.45, 2.75) is 13.3 Å². The molecule has 118 valence electrons. The van der Waals surface area contributed by atoms with Crippen LogP contribution in [-0.4, -0.2) is 30.0 Å². The number of aromatic nitrogens is 1. The summed E-state index contributed by atoms with van der Waals surface area (Å²) in [6, 6.07) is 10.7. The summed E-state index contributed by atoms with van der Waals surface area (Å²) < 4.78 is 4.99. The first-order chi connectivity index (χ1) is 11.1. The van der Waals surface area contributed by atoms with Gasteiger partial charge in [-0.1, -0.05) is 18.2 Å². The van der Waals surface area contributed by atoms with Gasteiger partial charge in [0.05, 0.1) is 23.2 Å². The first-order valence-corrected chi connectivity index (χ1v) is 7.77. The molecule has 0 aliphatic rings. The van der Waals surface area contributed by atoms with Crippen LogP contribution in [0.5, 0.6) is 0 Å². The van der Waals surface area contributed by atoms with Crippen LogP contribution in [0.1, 0.15) is 10.7 Å². The highest BCUT2D eigenvalue weighted by molar-refractivity contribution is 7.09. The van der Waals surface area contributed by atoms with Gasteiger partial charge in [0.25, 0.3) is 5.91 Å². The summed E-state index contributed by atoms with van der Waals surface area (Å²) in [6.07, 6.45) is 0.0290. The summed E-state index contributed by atoms with van der Waals surface area (Å²) >= 11 is 1.45. The fraction of sp³-hybridized carbons (Fsp3) is 0.250. The van der Waals surface area contributed by atoms with E-state index in [1.165, 1.54) is 16.2 Å². The molecule has 23 heavy (non-hydrogen) atoms. The minimum atomic E-state index is -0.520. The lowest BCUT2D eigenvalue weighted by Gasteiger charge is -2.19. The maximum absolute atomic E-state index is 12.2. The van der Waals surface area contributed by atoms with E-state index in [9.17, 15) is 9.59 Å². The highest BCUT2D eigenvalue weighted by atomic mass is 32.1. The Morgan fingerprint density at radius 3 is 2.70 bits per heavy atom. The summed E-state index contributed by atoms with van der Waals surface area (Å²) in [4.78, 5) is 29.4. The van der Waals surface area contributed by atoms with Crippen LogP contribution in [-0.2, 0) is 20.7 Å². The molecule has 0 aliphatic heterocycles. The number of ether oxygens (including phenoxy) is 1. The molecular formula is C16H15N3O3S.